The van der Waals surface area contributed by atoms with E-state index >= 15 is 0 Å². The van der Waals surface area contributed by atoms with Crippen LogP contribution in [0.15, 0.2) is 33.7 Å². The van der Waals surface area contributed by atoms with Crippen LogP contribution in [-0.4, -0.2) is 9.97 Å². The number of hydrogen-bond donors (Lipinski definition) is 1. The van der Waals surface area contributed by atoms with Gasteiger partial charge in [0.2, 0.25) is 0 Å². The van der Waals surface area contributed by atoms with Crippen molar-refractivity contribution in [3.05, 3.63) is 48.6 Å². The van der Waals surface area contributed by atoms with Gasteiger partial charge in [-0.2, -0.15) is 0 Å². The lowest BCUT2D eigenvalue weighted by molar-refractivity contribution is 0.621. The average Bonchev–Trinajstić information content (AvgIpc) is 2.26. The number of aromatic nitrogens is 2. The van der Waals surface area contributed by atoms with Crippen molar-refractivity contribution in [3.63, 3.8) is 0 Å². The highest BCUT2D eigenvalue weighted by Crippen LogP contribution is 2.21. The van der Waals surface area contributed by atoms with E-state index in [1.165, 1.54) is 12.3 Å². The molecule has 6 heteroatoms. The standard InChI is InChI=1S/C10H5BrFIN2O/c11-6-2-1-5(3-7(6)12)9-14-4-8(13)10(16)15-9/h1-4H,(H,14,15,16). The summed E-state index contributed by atoms with van der Waals surface area (Å²) in [6, 6.07) is 4.57. The summed E-state index contributed by atoms with van der Waals surface area (Å²) in [4.78, 5) is 18.0. The lowest BCUT2D eigenvalue weighted by atomic mass is 10.2. The van der Waals surface area contributed by atoms with E-state index < -0.39 is 5.82 Å². The summed E-state index contributed by atoms with van der Waals surface area (Å²) in [7, 11) is 0. The van der Waals surface area contributed by atoms with E-state index in [0.717, 1.165) is 0 Å². The molecule has 0 aliphatic carbocycles. The molecule has 1 heterocycles. The van der Waals surface area contributed by atoms with E-state index in [9.17, 15) is 9.18 Å². The Morgan fingerprint density at radius 3 is 2.81 bits per heavy atom. The molecule has 0 saturated heterocycles. The molecule has 0 fully saturated rings. The molecule has 0 aliphatic heterocycles. The van der Waals surface area contributed by atoms with Gasteiger partial charge < -0.3 is 4.98 Å². The number of benzene rings is 1. The maximum Gasteiger partial charge on any atom is 0.264 e. The quantitative estimate of drug-likeness (QED) is 0.756. The molecule has 0 spiro atoms. The highest BCUT2D eigenvalue weighted by atomic mass is 127. The van der Waals surface area contributed by atoms with Crippen LogP contribution >= 0.6 is 38.5 Å². The smallest absolute Gasteiger partial charge is 0.264 e. The first-order valence-corrected chi connectivity index (χ1v) is 6.15. The highest BCUT2D eigenvalue weighted by Gasteiger charge is 2.05. The predicted octanol–water partition coefficient (Wildman–Crippen LogP) is 2.94. The van der Waals surface area contributed by atoms with Gasteiger partial charge in [0.05, 0.1) is 8.04 Å². The summed E-state index contributed by atoms with van der Waals surface area (Å²) in [6.45, 7) is 0. The summed E-state index contributed by atoms with van der Waals surface area (Å²) in [6.07, 6.45) is 1.45. The van der Waals surface area contributed by atoms with Crippen molar-refractivity contribution in [2.45, 2.75) is 0 Å². The third-order valence-corrected chi connectivity index (χ3v) is 3.36. The fourth-order valence-electron chi connectivity index (χ4n) is 1.17. The summed E-state index contributed by atoms with van der Waals surface area (Å²) in [5.41, 5.74) is 0.308. The van der Waals surface area contributed by atoms with Gasteiger partial charge in [-0.1, -0.05) is 0 Å². The molecule has 0 unspecified atom stereocenters. The molecule has 82 valence electrons. The Hall–Kier alpha value is -0.760. The fourth-order valence-corrected chi connectivity index (χ4v) is 1.69. The molecule has 1 aromatic heterocycles. The Morgan fingerprint density at radius 2 is 2.19 bits per heavy atom. The van der Waals surface area contributed by atoms with Crippen molar-refractivity contribution >= 4 is 38.5 Å². The second-order valence-corrected chi connectivity index (χ2v) is 5.05. The Balaban J connectivity index is 2.55. The minimum Gasteiger partial charge on any atom is -0.306 e. The van der Waals surface area contributed by atoms with Crippen molar-refractivity contribution in [2.75, 3.05) is 0 Å². The largest absolute Gasteiger partial charge is 0.306 e. The van der Waals surface area contributed by atoms with Crippen LogP contribution in [0.2, 0.25) is 0 Å². The van der Waals surface area contributed by atoms with Crippen LogP contribution in [0, 0.1) is 9.39 Å². The minimum atomic E-state index is -0.390. The van der Waals surface area contributed by atoms with E-state index in [-0.39, 0.29) is 5.56 Å². The van der Waals surface area contributed by atoms with Gasteiger partial charge in [-0.25, -0.2) is 9.37 Å². The molecular weight excluding hydrogens is 390 g/mol. The summed E-state index contributed by atoms with van der Waals surface area (Å²) < 4.78 is 14.2. The van der Waals surface area contributed by atoms with Crippen LogP contribution < -0.4 is 5.56 Å². The van der Waals surface area contributed by atoms with Crippen molar-refractivity contribution in [3.8, 4) is 11.4 Å². The minimum absolute atomic E-state index is 0.228. The number of hydrogen-bond acceptors (Lipinski definition) is 2. The van der Waals surface area contributed by atoms with E-state index in [1.807, 2.05) is 22.6 Å². The molecule has 3 nitrogen and oxygen atoms in total. The molecule has 0 saturated carbocycles. The van der Waals surface area contributed by atoms with Crippen LogP contribution in [0.5, 0.6) is 0 Å². The molecular formula is C10H5BrFIN2O. The summed E-state index contributed by atoms with van der Waals surface area (Å²) in [5.74, 6) is -0.0319. The summed E-state index contributed by atoms with van der Waals surface area (Å²) in [5, 5.41) is 0. The monoisotopic (exact) mass is 394 g/mol. The Kier molecular flexibility index (Phi) is 3.38. The van der Waals surface area contributed by atoms with Gasteiger partial charge in [0.1, 0.15) is 11.6 Å². The first-order valence-electron chi connectivity index (χ1n) is 4.28. The van der Waals surface area contributed by atoms with Gasteiger partial charge in [-0.15, -0.1) is 0 Å². The zero-order valence-corrected chi connectivity index (χ0v) is 11.5. The molecule has 1 aromatic carbocycles. The van der Waals surface area contributed by atoms with E-state index in [1.54, 1.807) is 12.1 Å². The van der Waals surface area contributed by atoms with Gasteiger partial charge in [0, 0.05) is 11.8 Å². The number of rotatable bonds is 1. The van der Waals surface area contributed by atoms with E-state index in [4.69, 9.17) is 0 Å². The van der Waals surface area contributed by atoms with Crippen LogP contribution in [0.3, 0.4) is 0 Å². The van der Waals surface area contributed by atoms with Crippen LogP contribution in [-0.2, 0) is 0 Å². The SMILES string of the molecule is O=c1[nH]c(-c2ccc(Br)c(F)c2)ncc1I. The molecule has 1 N–H and O–H groups in total. The molecule has 16 heavy (non-hydrogen) atoms. The number of H-pyrrole nitrogens is 1. The van der Waals surface area contributed by atoms with Crippen LogP contribution in [0.25, 0.3) is 11.4 Å². The van der Waals surface area contributed by atoms with E-state index in [0.29, 0.717) is 19.4 Å². The van der Waals surface area contributed by atoms with Crippen LogP contribution in [0.1, 0.15) is 0 Å². The molecule has 0 aliphatic rings. The predicted molar refractivity (Wildman–Crippen MR) is 70.7 cm³/mol. The zero-order valence-electron chi connectivity index (χ0n) is 7.80. The third-order valence-electron chi connectivity index (χ3n) is 1.95. The second-order valence-electron chi connectivity index (χ2n) is 3.04. The average molecular weight is 395 g/mol. The van der Waals surface area contributed by atoms with E-state index in [2.05, 4.69) is 25.9 Å². The molecule has 0 amide bonds. The Labute approximate surface area is 112 Å². The highest BCUT2D eigenvalue weighted by molar-refractivity contribution is 14.1. The maximum atomic E-state index is 13.3. The molecule has 2 aromatic rings. The van der Waals surface area contributed by atoms with Gasteiger partial charge in [-0.3, -0.25) is 4.79 Å². The first-order chi connectivity index (χ1) is 7.58. The number of aromatic amines is 1. The van der Waals surface area contributed by atoms with Crippen molar-refractivity contribution in [1.82, 2.24) is 9.97 Å². The number of halogens is 3. The van der Waals surface area contributed by atoms with Gasteiger partial charge in [-0.05, 0) is 56.7 Å². The lowest BCUT2D eigenvalue weighted by Crippen LogP contribution is -2.11. The van der Waals surface area contributed by atoms with Crippen LogP contribution in [0.4, 0.5) is 4.39 Å². The first kappa shape index (κ1) is 11.7. The number of nitrogens with one attached hydrogen (secondary N) is 1. The molecule has 2 rings (SSSR count). The number of nitrogens with zero attached hydrogens (tertiary/aromatic N) is 1. The summed E-state index contributed by atoms with van der Waals surface area (Å²) >= 11 is 4.94. The Bertz CT molecular complexity index is 600. The van der Waals surface area contributed by atoms with Gasteiger partial charge in [0.25, 0.3) is 5.56 Å². The molecule has 0 radical (unpaired) electrons. The van der Waals surface area contributed by atoms with Crippen molar-refractivity contribution in [2.24, 2.45) is 0 Å². The molecule has 0 atom stereocenters. The third kappa shape index (κ3) is 2.32. The maximum absolute atomic E-state index is 13.3. The van der Waals surface area contributed by atoms with Crippen molar-refractivity contribution < 1.29 is 4.39 Å². The Morgan fingerprint density at radius 1 is 1.44 bits per heavy atom. The van der Waals surface area contributed by atoms with Gasteiger partial charge >= 0.3 is 0 Å². The zero-order chi connectivity index (χ0) is 11.7. The fraction of sp³-hybridized carbons (Fsp3) is 0. The topological polar surface area (TPSA) is 45.8 Å². The normalized spacial score (nSPS) is 10.4. The van der Waals surface area contributed by atoms with Crippen molar-refractivity contribution in [1.29, 1.82) is 0 Å². The lowest BCUT2D eigenvalue weighted by Gasteiger charge is -2.01. The molecule has 0 bridgehead atoms. The van der Waals surface area contributed by atoms with Gasteiger partial charge in [0.15, 0.2) is 0 Å². The second kappa shape index (κ2) is 4.62.